The molecule has 0 aliphatic heterocycles. The maximum atomic E-state index is 11.7. The van der Waals surface area contributed by atoms with E-state index < -0.39 is 0 Å². The molecule has 0 bridgehead atoms. The molecule has 0 atom stereocenters. The number of aryl methyl sites for hydroxylation is 1. The van der Waals surface area contributed by atoms with Crippen molar-refractivity contribution in [3.05, 3.63) is 36.4 Å². The van der Waals surface area contributed by atoms with E-state index in [1.165, 1.54) is 0 Å². The van der Waals surface area contributed by atoms with Crippen LogP contribution in [0.5, 0.6) is 0 Å². The Balaban J connectivity index is 1.83. The second-order valence-corrected chi connectivity index (χ2v) is 3.47. The van der Waals surface area contributed by atoms with Gasteiger partial charge < -0.3 is 14.9 Å². The minimum Gasteiger partial charge on any atom is -0.350 e. The molecule has 84 valence electrons. The summed E-state index contributed by atoms with van der Waals surface area (Å²) in [6.45, 7) is 0.576. The van der Waals surface area contributed by atoms with E-state index >= 15 is 0 Å². The standard InChI is InChI=1S/C10H13N5O/c1-15-7-12-5-9(15)10(16)13-3-2-8-4-11-6-14-8/h4-7H,2-3H2,1H3,(H,11,14)(H,13,16). The number of nitrogens with zero attached hydrogens (tertiary/aromatic N) is 3. The number of aromatic nitrogens is 4. The van der Waals surface area contributed by atoms with Gasteiger partial charge in [0.05, 0.1) is 18.9 Å². The number of aromatic amines is 1. The molecule has 6 heteroatoms. The highest BCUT2D eigenvalue weighted by Crippen LogP contribution is 1.96. The fourth-order valence-corrected chi connectivity index (χ4v) is 1.40. The maximum Gasteiger partial charge on any atom is 0.269 e. The van der Waals surface area contributed by atoms with Crippen molar-refractivity contribution in [3.63, 3.8) is 0 Å². The quantitative estimate of drug-likeness (QED) is 0.766. The van der Waals surface area contributed by atoms with Gasteiger partial charge in [0.25, 0.3) is 5.91 Å². The SMILES string of the molecule is Cn1cncc1C(=O)NCCc1cnc[nH]1. The zero-order valence-electron chi connectivity index (χ0n) is 8.97. The van der Waals surface area contributed by atoms with Crippen LogP contribution in [0.2, 0.25) is 0 Å². The predicted octanol–water partition coefficient (Wildman–Crippen LogP) is 0.116. The van der Waals surface area contributed by atoms with Crippen molar-refractivity contribution in [1.29, 1.82) is 0 Å². The van der Waals surface area contributed by atoms with E-state index in [1.807, 2.05) is 0 Å². The molecule has 2 heterocycles. The lowest BCUT2D eigenvalue weighted by molar-refractivity contribution is 0.0946. The zero-order chi connectivity index (χ0) is 11.4. The molecule has 0 saturated heterocycles. The first-order chi connectivity index (χ1) is 7.77. The first kappa shape index (κ1) is 10.4. The Morgan fingerprint density at radius 3 is 3.00 bits per heavy atom. The predicted molar refractivity (Wildman–Crippen MR) is 57.8 cm³/mol. The molecule has 2 rings (SSSR count). The minimum absolute atomic E-state index is 0.112. The third-order valence-corrected chi connectivity index (χ3v) is 2.28. The third kappa shape index (κ3) is 2.28. The maximum absolute atomic E-state index is 11.7. The van der Waals surface area contributed by atoms with Crippen LogP contribution in [0.4, 0.5) is 0 Å². The minimum atomic E-state index is -0.112. The Bertz CT molecular complexity index is 459. The third-order valence-electron chi connectivity index (χ3n) is 2.28. The lowest BCUT2D eigenvalue weighted by Crippen LogP contribution is -2.27. The van der Waals surface area contributed by atoms with Crippen LogP contribution in [0.1, 0.15) is 16.2 Å². The summed E-state index contributed by atoms with van der Waals surface area (Å²) < 4.78 is 1.69. The van der Waals surface area contributed by atoms with E-state index in [2.05, 4.69) is 20.3 Å². The van der Waals surface area contributed by atoms with Crippen molar-refractivity contribution < 1.29 is 4.79 Å². The summed E-state index contributed by atoms with van der Waals surface area (Å²) in [4.78, 5) is 22.4. The van der Waals surface area contributed by atoms with Crippen LogP contribution in [0, 0.1) is 0 Å². The summed E-state index contributed by atoms with van der Waals surface area (Å²) in [6.07, 6.45) is 7.26. The molecule has 1 amide bonds. The normalized spacial score (nSPS) is 10.3. The smallest absolute Gasteiger partial charge is 0.269 e. The summed E-state index contributed by atoms with van der Waals surface area (Å²) >= 11 is 0. The molecule has 6 nitrogen and oxygen atoms in total. The fourth-order valence-electron chi connectivity index (χ4n) is 1.40. The topological polar surface area (TPSA) is 75.6 Å². The van der Waals surface area contributed by atoms with Crippen LogP contribution >= 0.6 is 0 Å². The van der Waals surface area contributed by atoms with E-state index in [9.17, 15) is 4.79 Å². The second-order valence-electron chi connectivity index (χ2n) is 3.47. The van der Waals surface area contributed by atoms with Gasteiger partial charge in [-0.1, -0.05) is 0 Å². The van der Waals surface area contributed by atoms with E-state index in [0.717, 1.165) is 12.1 Å². The first-order valence-corrected chi connectivity index (χ1v) is 4.99. The Morgan fingerprint density at radius 2 is 2.38 bits per heavy atom. The molecule has 0 aliphatic carbocycles. The number of rotatable bonds is 4. The lowest BCUT2D eigenvalue weighted by Gasteiger charge is -2.04. The number of hydrogen-bond acceptors (Lipinski definition) is 3. The largest absolute Gasteiger partial charge is 0.350 e. The van der Waals surface area contributed by atoms with Crippen LogP contribution in [0.25, 0.3) is 0 Å². The van der Waals surface area contributed by atoms with Crippen LogP contribution in [0.3, 0.4) is 0 Å². The van der Waals surface area contributed by atoms with Gasteiger partial charge in [0.1, 0.15) is 5.69 Å². The monoisotopic (exact) mass is 219 g/mol. The first-order valence-electron chi connectivity index (χ1n) is 4.99. The van der Waals surface area contributed by atoms with E-state index in [0.29, 0.717) is 12.2 Å². The highest BCUT2D eigenvalue weighted by molar-refractivity contribution is 5.92. The molecule has 0 fully saturated rings. The van der Waals surface area contributed by atoms with Crippen LogP contribution in [-0.4, -0.2) is 32.0 Å². The molecular formula is C10H13N5O. The zero-order valence-corrected chi connectivity index (χ0v) is 8.97. The molecule has 0 spiro atoms. The van der Waals surface area contributed by atoms with Crippen molar-refractivity contribution in [3.8, 4) is 0 Å². The molecule has 0 radical (unpaired) electrons. The Kier molecular flexibility index (Phi) is 3.00. The summed E-state index contributed by atoms with van der Waals surface area (Å²) in [5.74, 6) is -0.112. The van der Waals surface area contributed by atoms with E-state index in [4.69, 9.17) is 0 Å². The van der Waals surface area contributed by atoms with Gasteiger partial charge in [-0.05, 0) is 0 Å². The van der Waals surface area contributed by atoms with Gasteiger partial charge in [0.15, 0.2) is 0 Å². The van der Waals surface area contributed by atoms with Gasteiger partial charge in [-0.2, -0.15) is 0 Å². The molecule has 0 aromatic carbocycles. The van der Waals surface area contributed by atoms with Crippen molar-refractivity contribution in [1.82, 2.24) is 24.8 Å². The van der Waals surface area contributed by atoms with Gasteiger partial charge in [0.2, 0.25) is 0 Å². The summed E-state index contributed by atoms with van der Waals surface area (Å²) in [7, 11) is 1.79. The van der Waals surface area contributed by atoms with Crippen molar-refractivity contribution in [2.45, 2.75) is 6.42 Å². The molecule has 2 aromatic heterocycles. The fraction of sp³-hybridized carbons (Fsp3) is 0.300. The second kappa shape index (κ2) is 4.61. The van der Waals surface area contributed by atoms with Crippen molar-refractivity contribution in [2.75, 3.05) is 6.54 Å². The average molecular weight is 219 g/mol. The number of imidazole rings is 2. The van der Waals surface area contributed by atoms with Gasteiger partial charge in [-0.3, -0.25) is 4.79 Å². The molecule has 0 aliphatic rings. The number of nitrogens with one attached hydrogen (secondary N) is 2. The molecule has 2 N–H and O–H groups in total. The number of H-pyrrole nitrogens is 1. The summed E-state index contributed by atoms with van der Waals surface area (Å²) in [5, 5.41) is 2.82. The molecular weight excluding hydrogens is 206 g/mol. The van der Waals surface area contributed by atoms with E-state index in [1.54, 1.807) is 36.7 Å². The molecule has 0 unspecified atom stereocenters. The average Bonchev–Trinajstić information content (AvgIpc) is 2.88. The van der Waals surface area contributed by atoms with Gasteiger partial charge in [-0.25, -0.2) is 9.97 Å². The van der Waals surface area contributed by atoms with Crippen molar-refractivity contribution >= 4 is 5.91 Å². The number of amides is 1. The molecule has 2 aromatic rings. The molecule has 16 heavy (non-hydrogen) atoms. The number of carbonyl (C=O) groups is 1. The molecule has 0 saturated carbocycles. The lowest BCUT2D eigenvalue weighted by atomic mass is 10.3. The highest BCUT2D eigenvalue weighted by Gasteiger charge is 2.08. The summed E-state index contributed by atoms with van der Waals surface area (Å²) in [6, 6.07) is 0. The number of hydrogen-bond donors (Lipinski definition) is 2. The van der Waals surface area contributed by atoms with Gasteiger partial charge in [-0.15, -0.1) is 0 Å². The van der Waals surface area contributed by atoms with Gasteiger partial charge in [0, 0.05) is 31.9 Å². The van der Waals surface area contributed by atoms with Crippen LogP contribution < -0.4 is 5.32 Å². The van der Waals surface area contributed by atoms with Crippen LogP contribution in [-0.2, 0) is 13.5 Å². The van der Waals surface area contributed by atoms with E-state index in [-0.39, 0.29) is 5.91 Å². The Hall–Kier alpha value is -2.11. The van der Waals surface area contributed by atoms with Gasteiger partial charge >= 0.3 is 0 Å². The number of carbonyl (C=O) groups excluding carboxylic acids is 1. The van der Waals surface area contributed by atoms with Crippen LogP contribution in [0.15, 0.2) is 25.0 Å². The Labute approximate surface area is 92.7 Å². The van der Waals surface area contributed by atoms with Crippen molar-refractivity contribution in [2.24, 2.45) is 7.05 Å². The highest BCUT2D eigenvalue weighted by atomic mass is 16.1. The summed E-state index contributed by atoms with van der Waals surface area (Å²) in [5.41, 5.74) is 1.56. The Morgan fingerprint density at radius 1 is 1.50 bits per heavy atom.